The molecular formula is C47H87NO8. The summed E-state index contributed by atoms with van der Waals surface area (Å²) in [7, 11) is 0. The summed E-state index contributed by atoms with van der Waals surface area (Å²) in [6.07, 6.45) is 39.2. The third kappa shape index (κ3) is 27.9. The number of amides is 1. The van der Waals surface area contributed by atoms with Gasteiger partial charge in [0.25, 0.3) is 0 Å². The summed E-state index contributed by atoms with van der Waals surface area (Å²) in [4.78, 5) is 12.9. The topological polar surface area (TPSA) is 149 Å². The second-order valence-electron chi connectivity index (χ2n) is 16.2. The number of aliphatic hydroxyl groups is 5. The van der Waals surface area contributed by atoms with Crippen molar-refractivity contribution in [2.24, 2.45) is 0 Å². The Kier molecular flexibility index (Phi) is 35.3. The SMILES string of the molecule is CCC/C=C\CCCCCCCC(=O)NC(COC1OC(CO)C(O)C(O)C1O)C(O)/C=C/CC/C=C/CCCCCCCCCCCCCCCCCCC. The van der Waals surface area contributed by atoms with Gasteiger partial charge in [0, 0.05) is 6.42 Å². The third-order valence-electron chi connectivity index (χ3n) is 10.9. The van der Waals surface area contributed by atoms with Gasteiger partial charge in [0.1, 0.15) is 24.4 Å². The van der Waals surface area contributed by atoms with Crippen molar-refractivity contribution in [3.8, 4) is 0 Å². The van der Waals surface area contributed by atoms with Gasteiger partial charge in [-0.3, -0.25) is 4.79 Å². The molecule has 1 rings (SSSR count). The number of aliphatic hydroxyl groups excluding tert-OH is 5. The number of nitrogens with one attached hydrogen (secondary N) is 1. The number of carbonyl (C=O) groups excluding carboxylic acids is 1. The van der Waals surface area contributed by atoms with Crippen molar-refractivity contribution >= 4 is 5.91 Å². The van der Waals surface area contributed by atoms with Gasteiger partial charge < -0.3 is 40.3 Å². The van der Waals surface area contributed by atoms with E-state index in [4.69, 9.17) is 9.47 Å². The van der Waals surface area contributed by atoms with E-state index in [1.807, 2.05) is 6.08 Å². The highest BCUT2D eigenvalue weighted by molar-refractivity contribution is 5.76. The molecule has 0 aliphatic carbocycles. The molecule has 0 saturated carbocycles. The minimum absolute atomic E-state index is 0.199. The standard InChI is InChI=1S/C47H87NO8/c1-3-5-7-9-11-13-15-16-17-18-19-20-21-22-23-24-25-26-27-28-30-32-34-36-41(50)40(39-55-47-46(54)45(53)44(52)42(38-49)56-47)48-43(51)37-35-33-31-29-14-12-10-8-6-4-2/h8,10,27-28,34,36,40-42,44-47,49-50,52-54H,3-7,9,11-26,29-33,35,37-39H2,1-2H3,(H,48,51)/b10-8-,28-27+,36-34+. The van der Waals surface area contributed by atoms with Crippen LogP contribution < -0.4 is 5.32 Å². The lowest BCUT2D eigenvalue weighted by Gasteiger charge is -2.40. The highest BCUT2D eigenvalue weighted by Gasteiger charge is 2.44. The van der Waals surface area contributed by atoms with Crippen LogP contribution in [-0.4, -0.2) is 87.5 Å². The first-order valence-corrected chi connectivity index (χ1v) is 23.2. The molecule has 0 aromatic rings. The Bertz CT molecular complexity index is 972. The molecule has 0 bridgehead atoms. The summed E-state index contributed by atoms with van der Waals surface area (Å²) < 4.78 is 11.2. The van der Waals surface area contributed by atoms with Crippen molar-refractivity contribution in [2.75, 3.05) is 13.2 Å². The number of allylic oxidation sites excluding steroid dienone is 5. The first-order chi connectivity index (χ1) is 27.3. The van der Waals surface area contributed by atoms with Crippen LogP contribution in [0.15, 0.2) is 36.5 Å². The normalized spacial score (nSPS) is 21.4. The number of rotatable bonds is 38. The van der Waals surface area contributed by atoms with E-state index in [0.717, 1.165) is 64.2 Å². The van der Waals surface area contributed by atoms with E-state index in [-0.39, 0.29) is 12.5 Å². The maximum Gasteiger partial charge on any atom is 0.220 e. The quantitative estimate of drug-likeness (QED) is 0.0268. The molecule has 9 heteroatoms. The molecule has 6 N–H and O–H groups in total. The Hall–Kier alpha value is -1.59. The second-order valence-corrected chi connectivity index (χ2v) is 16.2. The lowest BCUT2D eigenvalue weighted by Crippen LogP contribution is -2.60. The molecule has 0 aromatic heterocycles. The summed E-state index contributed by atoms with van der Waals surface area (Å²) in [5.41, 5.74) is 0. The van der Waals surface area contributed by atoms with Gasteiger partial charge >= 0.3 is 0 Å². The molecule has 1 amide bonds. The summed E-state index contributed by atoms with van der Waals surface area (Å²) in [6.45, 7) is 3.68. The molecule has 328 valence electrons. The van der Waals surface area contributed by atoms with Gasteiger partial charge in [-0.05, 0) is 51.4 Å². The Morgan fingerprint density at radius 2 is 1.05 bits per heavy atom. The number of ether oxygens (including phenoxy) is 2. The zero-order chi connectivity index (χ0) is 40.9. The van der Waals surface area contributed by atoms with Crippen molar-refractivity contribution < 1.29 is 39.8 Å². The average Bonchev–Trinajstić information content (AvgIpc) is 3.20. The molecule has 1 saturated heterocycles. The first-order valence-electron chi connectivity index (χ1n) is 23.2. The van der Waals surface area contributed by atoms with Crippen LogP contribution >= 0.6 is 0 Å². The zero-order valence-electron chi connectivity index (χ0n) is 35.9. The van der Waals surface area contributed by atoms with Crippen molar-refractivity contribution in [1.29, 1.82) is 0 Å². The van der Waals surface area contributed by atoms with Crippen LogP contribution in [0, 0.1) is 0 Å². The maximum atomic E-state index is 12.9. The number of hydrogen-bond acceptors (Lipinski definition) is 8. The zero-order valence-corrected chi connectivity index (χ0v) is 35.9. The van der Waals surface area contributed by atoms with Gasteiger partial charge in [-0.1, -0.05) is 179 Å². The van der Waals surface area contributed by atoms with Crippen LogP contribution in [0.2, 0.25) is 0 Å². The highest BCUT2D eigenvalue weighted by Crippen LogP contribution is 2.22. The van der Waals surface area contributed by atoms with E-state index in [0.29, 0.717) is 6.42 Å². The molecule has 1 aliphatic rings. The second kappa shape index (κ2) is 37.7. The Morgan fingerprint density at radius 3 is 1.57 bits per heavy atom. The number of carbonyl (C=O) groups is 1. The lowest BCUT2D eigenvalue weighted by molar-refractivity contribution is -0.302. The predicted molar refractivity (Wildman–Crippen MR) is 230 cm³/mol. The van der Waals surface area contributed by atoms with Gasteiger partial charge in [-0.15, -0.1) is 0 Å². The smallest absolute Gasteiger partial charge is 0.220 e. The first kappa shape index (κ1) is 52.4. The van der Waals surface area contributed by atoms with Crippen LogP contribution in [0.5, 0.6) is 0 Å². The van der Waals surface area contributed by atoms with Crippen molar-refractivity contribution in [3.63, 3.8) is 0 Å². The third-order valence-corrected chi connectivity index (χ3v) is 10.9. The van der Waals surface area contributed by atoms with Crippen molar-refractivity contribution in [1.82, 2.24) is 5.32 Å². The summed E-state index contributed by atoms with van der Waals surface area (Å²) in [5.74, 6) is -0.199. The Balaban J connectivity index is 2.31. The van der Waals surface area contributed by atoms with Crippen LogP contribution in [0.4, 0.5) is 0 Å². The van der Waals surface area contributed by atoms with E-state index in [1.54, 1.807) is 6.08 Å². The molecule has 1 fully saturated rings. The van der Waals surface area contributed by atoms with E-state index in [9.17, 15) is 30.3 Å². The van der Waals surface area contributed by atoms with Gasteiger partial charge in [0.15, 0.2) is 6.29 Å². The fraction of sp³-hybridized carbons (Fsp3) is 0.851. The van der Waals surface area contributed by atoms with Crippen LogP contribution in [0.1, 0.15) is 200 Å². The summed E-state index contributed by atoms with van der Waals surface area (Å²) >= 11 is 0. The molecule has 1 aliphatic heterocycles. The maximum absolute atomic E-state index is 12.9. The molecule has 7 unspecified atom stereocenters. The van der Waals surface area contributed by atoms with Crippen LogP contribution in [-0.2, 0) is 14.3 Å². The van der Waals surface area contributed by atoms with E-state index >= 15 is 0 Å². The molecule has 56 heavy (non-hydrogen) atoms. The largest absolute Gasteiger partial charge is 0.394 e. The fourth-order valence-corrected chi connectivity index (χ4v) is 7.17. The minimum Gasteiger partial charge on any atom is -0.394 e. The lowest BCUT2D eigenvalue weighted by atomic mass is 9.99. The van der Waals surface area contributed by atoms with Gasteiger partial charge in [0.2, 0.25) is 5.91 Å². The molecule has 0 radical (unpaired) electrons. The fourth-order valence-electron chi connectivity index (χ4n) is 7.17. The summed E-state index contributed by atoms with van der Waals surface area (Å²) in [6, 6.07) is -0.823. The summed E-state index contributed by atoms with van der Waals surface area (Å²) in [5, 5.41) is 54.1. The van der Waals surface area contributed by atoms with E-state index < -0.39 is 49.5 Å². The van der Waals surface area contributed by atoms with E-state index in [2.05, 4.69) is 43.5 Å². The molecule has 0 aromatic carbocycles. The van der Waals surface area contributed by atoms with Gasteiger partial charge in [0.05, 0.1) is 25.4 Å². The predicted octanol–water partition coefficient (Wildman–Crippen LogP) is 9.67. The average molecular weight is 794 g/mol. The molecule has 0 spiro atoms. The van der Waals surface area contributed by atoms with Crippen LogP contribution in [0.25, 0.3) is 0 Å². The van der Waals surface area contributed by atoms with Crippen molar-refractivity contribution in [3.05, 3.63) is 36.5 Å². The number of unbranched alkanes of at least 4 members (excludes halogenated alkanes) is 24. The Labute approximate surface area is 342 Å². The number of hydrogen-bond donors (Lipinski definition) is 6. The van der Waals surface area contributed by atoms with Crippen molar-refractivity contribution in [2.45, 2.75) is 243 Å². The molecule has 9 nitrogen and oxygen atoms in total. The Morgan fingerprint density at radius 1 is 0.589 bits per heavy atom. The van der Waals surface area contributed by atoms with Gasteiger partial charge in [-0.25, -0.2) is 0 Å². The molecular weight excluding hydrogens is 707 g/mol. The monoisotopic (exact) mass is 794 g/mol. The van der Waals surface area contributed by atoms with Crippen LogP contribution in [0.3, 0.4) is 0 Å². The van der Waals surface area contributed by atoms with Gasteiger partial charge in [-0.2, -0.15) is 0 Å². The highest BCUT2D eigenvalue weighted by atomic mass is 16.7. The molecule has 1 heterocycles. The molecule has 7 atom stereocenters. The van der Waals surface area contributed by atoms with E-state index in [1.165, 1.54) is 116 Å². The minimum atomic E-state index is -1.57.